The van der Waals surface area contributed by atoms with Crippen LogP contribution in [0.3, 0.4) is 0 Å². The molecule has 0 unspecified atom stereocenters. The summed E-state index contributed by atoms with van der Waals surface area (Å²) in [4.78, 5) is 50.3. The summed E-state index contributed by atoms with van der Waals surface area (Å²) >= 11 is 0. The molecule has 2 N–H and O–H groups in total. The van der Waals surface area contributed by atoms with E-state index in [1.54, 1.807) is 62.4 Å². The van der Waals surface area contributed by atoms with Crippen molar-refractivity contribution in [2.45, 2.75) is 13.8 Å². The van der Waals surface area contributed by atoms with Crippen LogP contribution in [0.5, 0.6) is 0 Å². The predicted molar refractivity (Wildman–Crippen MR) is 126 cm³/mol. The van der Waals surface area contributed by atoms with Gasteiger partial charge in [-0.15, -0.1) is 0 Å². The van der Waals surface area contributed by atoms with E-state index in [1.165, 1.54) is 29.2 Å². The van der Waals surface area contributed by atoms with Crippen molar-refractivity contribution in [3.05, 3.63) is 95.1 Å². The lowest BCUT2D eigenvalue weighted by atomic mass is 10.1. The zero-order valence-corrected chi connectivity index (χ0v) is 18.8. The van der Waals surface area contributed by atoms with Crippen LogP contribution in [0, 0.1) is 0 Å². The number of amides is 2. The molecule has 0 fully saturated rings. The molecule has 8 heteroatoms. The van der Waals surface area contributed by atoms with Crippen molar-refractivity contribution in [1.29, 1.82) is 0 Å². The molecule has 0 spiro atoms. The van der Waals surface area contributed by atoms with Gasteiger partial charge in [0.15, 0.2) is 0 Å². The molecule has 0 aliphatic rings. The number of anilines is 2. The second-order valence-electron chi connectivity index (χ2n) is 7.12. The average molecular weight is 460 g/mol. The van der Waals surface area contributed by atoms with Crippen molar-refractivity contribution in [2.24, 2.45) is 5.73 Å². The first kappa shape index (κ1) is 24.2. The quantitative estimate of drug-likeness (QED) is 0.506. The summed E-state index contributed by atoms with van der Waals surface area (Å²) in [5.74, 6) is -1.91. The van der Waals surface area contributed by atoms with Gasteiger partial charge in [-0.3, -0.25) is 14.5 Å². The van der Waals surface area contributed by atoms with E-state index < -0.39 is 17.8 Å². The fourth-order valence-electron chi connectivity index (χ4n) is 3.21. The molecule has 8 nitrogen and oxygen atoms in total. The highest BCUT2D eigenvalue weighted by molar-refractivity contribution is 6.11. The summed E-state index contributed by atoms with van der Waals surface area (Å²) in [5.41, 5.74) is 7.56. The average Bonchev–Trinajstić information content (AvgIpc) is 2.85. The van der Waals surface area contributed by atoms with Gasteiger partial charge in [0.05, 0.1) is 24.3 Å². The molecule has 3 rings (SSSR count). The Balaban J connectivity index is 2.01. The number of nitrogens with zero attached hydrogens (tertiary/aromatic N) is 1. The van der Waals surface area contributed by atoms with Crippen molar-refractivity contribution < 1.29 is 28.7 Å². The van der Waals surface area contributed by atoms with Crippen molar-refractivity contribution in [3.63, 3.8) is 0 Å². The summed E-state index contributed by atoms with van der Waals surface area (Å²) in [7, 11) is 0. The molecule has 3 aromatic rings. The molecule has 0 radical (unpaired) electrons. The zero-order chi connectivity index (χ0) is 24.7. The maximum absolute atomic E-state index is 13.5. The van der Waals surface area contributed by atoms with Crippen LogP contribution >= 0.6 is 0 Å². The fraction of sp³-hybridized carbons (Fsp3) is 0.154. The van der Waals surface area contributed by atoms with Crippen LogP contribution < -0.4 is 10.6 Å². The third-order valence-electron chi connectivity index (χ3n) is 4.89. The molecule has 0 saturated carbocycles. The van der Waals surface area contributed by atoms with Crippen LogP contribution in [0.2, 0.25) is 0 Å². The summed E-state index contributed by atoms with van der Waals surface area (Å²) in [6.45, 7) is 3.94. The lowest BCUT2D eigenvalue weighted by Gasteiger charge is -2.24. The number of primary amides is 1. The van der Waals surface area contributed by atoms with Crippen LogP contribution in [-0.2, 0) is 9.47 Å². The maximum Gasteiger partial charge on any atom is 0.338 e. The normalized spacial score (nSPS) is 10.3. The lowest BCUT2D eigenvalue weighted by molar-refractivity contribution is 0.0517. The van der Waals surface area contributed by atoms with Gasteiger partial charge in [-0.1, -0.05) is 0 Å². The molecule has 0 aromatic heterocycles. The van der Waals surface area contributed by atoms with Gasteiger partial charge in [0.1, 0.15) is 0 Å². The first-order valence-electron chi connectivity index (χ1n) is 10.6. The molecule has 0 aliphatic heterocycles. The molecule has 174 valence electrons. The van der Waals surface area contributed by atoms with E-state index >= 15 is 0 Å². The van der Waals surface area contributed by atoms with Crippen LogP contribution in [0.25, 0.3) is 0 Å². The molecule has 0 heterocycles. The lowest BCUT2D eigenvalue weighted by Crippen LogP contribution is -2.26. The van der Waals surface area contributed by atoms with E-state index in [0.717, 1.165) is 0 Å². The Morgan fingerprint density at radius 1 is 0.618 bits per heavy atom. The Morgan fingerprint density at radius 3 is 1.32 bits per heavy atom. The predicted octanol–water partition coefficient (Wildman–Crippen LogP) is 4.12. The molecule has 0 saturated heterocycles. The van der Waals surface area contributed by atoms with E-state index in [4.69, 9.17) is 15.2 Å². The summed E-state index contributed by atoms with van der Waals surface area (Å²) in [6.07, 6.45) is 0. The van der Waals surface area contributed by atoms with Crippen LogP contribution in [0.15, 0.2) is 72.8 Å². The van der Waals surface area contributed by atoms with Gasteiger partial charge in [-0.2, -0.15) is 0 Å². The van der Waals surface area contributed by atoms with Gasteiger partial charge in [0, 0.05) is 22.5 Å². The Morgan fingerprint density at radius 2 is 0.971 bits per heavy atom. The monoisotopic (exact) mass is 460 g/mol. The fourth-order valence-corrected chi connectivity index (χ4v) is 3.21. The minimum atomic E-state index is -0.597. The van der Waals surface area contributed by atoms with Crippen molar-refractivity contribution in [1.82, 2.24) is 0 Å². The number of carbonyl (C=O) groups excluding carboxylic acids is 4. The van der Waals surface area contributed by atoms with Crippen molar-refractivity contribution in [3.8, 4) is 0 Å². The van der Waals surface area contributed by atoms with E-state index in [2.05, 4.69) is 0 Å². The van der Waals surface area contributed by atoms with Crippen LogP contribution in [0.4, 0.5) is 11.4 Å². The minimum absolute atomic E-state index is 0.249. The number of esters is 2. The maximum atomic E-state index is 13.5. The first-order chi connectivity index (χ1) is 16.3. The number of carbonyl (C=O) groups is 4. The number of rotatable bonds is 8. The first-order valence-corrected chi connectivity index (χ1v) is 10.6. The zero-order valence-electron chi connectivity index (χ0n) is 18.8. The molecular weight excluding hydrogens is 436 g/mol. The number of hydrogen-bond acceptors (Lipinski definition) is 6. The smallest absolute Gasteiger partial charge is 0.338 e. The molecular formula is C26H24N2O6. The second-order valence-corrected chi connectivity index (χ2v) is 7.12. The molecule has 0 bridgehead atoms. The third-order valence-corrected chi connectivity index (χ3v) is 4.89. The molecule has 0 atom stereocenters. The molecule has 34 heavy (non-hydrogen) atoms. The highest BCUT2D eigenvalue weighted by Gasteiger charge is 2.21. The number of benzene rings is 3. The summed E-state index contributed by atoms with van der Waals surface area (Å²) < 4.78 is 10.0. The Bertz CT molecular complexity index is 1120. The van der Waals surface area contributed by atoms with Gasteiger partial charge in [-0.25, -0.2) is 9.59 Å². The molecule has 2 amide bonds. The Hall–Kier alpha value is -4.46. The second kappa shape index (κ2) is 10.9. The third kappa shape index (κ3) is 5.47. The van der Waals surface area contributed by atoms with E-state index in [-0.39, 0.29) is 24.7 Å². The standard InChI is InChI=1S/C26H24N2O6/c1-3-33-25(31)19-9-13-21(14-10-19)28(22-15-11-20(12-16-22)26(32)34-4-2)24(30)18-7-5-17(6-8-18)23(27)29/h5-16H,3-4H2,1-2H3,(H2,27,29). The highest BCUT2D eigenvalue weighted by Crippen LogP contribution is 2.29. The Kier molecular flexibility index (Phi) is 7.76. The van der Waals surface area contributed by atoms with E-state index in [0.29, 0.717) is 28.1 Å². The van der Waals surface area contributed by atoms with Crippen LogP contribution in [-0.4, -0.2) is 37.0 Å². The van der Waals surface area contributed by atoms with Gasteiger partial charge in [0.2, 0.25) is 5.91 Å². The topological polar surface area (TPSA) is 116 Å². The minimum Gasteiger partial charge on any atom is -0.462 e. The SMILES string of the molecule is CCOC(=O)c1ccc(N(C(=O)c2ccc(C(N)=O)cc2)c2ccc(C(=O)OCC)cc2)cc1. The van der Waals surface area contributed by atoms with Crippen LogP contribution in [0.1, 0.15) is 55.3 Å². The number of nitrogens with two attached hydrogens (primary N) is 1. The number of hydrogen-bond donors (Lipinski definition) is 1. The highest BCUT2D eigenvalue weighted by atomic mass is 16.5. The van der Waals surface area contributed by atoms with E-state index in [1.807, 2.05) is 0 Å². The molecule has 0 aliphatic carbocycles. The number of ether oxygens (including phenoxy) is 2. The summed E-state index contributed by atoms with van der Waals surface area (Å²) in [6, 6.07) is 18.7. The largest absolute Gasteiger partial charge is 0.462 e. The Labute approximate surface area is 196 Å². The van der Waals surface area contributed by atoms with Gasteiger partial charge in [-0.05, 0) is 86.6 Å². The van der Waals surface area contributed by atoms with E-state index in [9.17, 15) is 19.2 Å². The summed E-state index contributed by atoms with van der Waals surface area (Å²) in [5, 5.41) is 0. The molecule has 3 aromatic carbocycles. The van der Waals surface area contributed by atoms with Crippen molar-refractivity contribution >= 4 is 35.1 Å². The van der Waals surface area contributed by atoms with Gasteiger partial charge < -0.3 is 15.2 Å². The van der Waals surface area contributed by atoms with Gasteiger partial charge >= 0.3 is 11.9 Å². The van der Waals surface area contributed by atoms with Gasteiger partial charge in [0.25, 0.3) is 5.91 Å². The van der Waals surface area contributed by atoms with Crippen molar-refractivity contribution in [2.75, 3.05) is 18.1 Å².